The fraction of sp³-hybridized carbons (Fsp3) is 0.385. The quantitative estimate of drug-likeness (QED) is 0.938. The Bertz CT molecular complexity index is 590. The van der Waals surface area contributed by atoms with Crippen LogP contribution >= 0.6 is 0 Å². The van der Waals surface area contributed by atoms with Gasteiger partial charge in [-0.3, -0.25) is 0 Å². The van der Waals surface area contributed by atoms with Crippen LogP contribution < -0.4 is 5.32 Å². The van der Waals surface area contributed by atoms with Crippen molar-refractivity contribution in [1.29, 1.82) is 0 Å². The predicted octanol–water partition coefficient (Wildman–Crippen LogP) is 2.70. The summed E-state index contributed by atoms with van der Waals surface area (Å²) >= 11 is 0. The molecule has 2 aromatic heterocycles. The van der Waals surface area contributed by atoms with Gasteiger partial charge in [0.05, 0.1) is 0 Å². The second-order valence-corrected chi connectivity index (χ2v) is 4.40. The Balaban J connectivity index is 2.32. The van der Waals surface area contributed by atoms with E-state index in [-0.39, 0.29) is 0 Å². The molecule has 0 aromatic carbocycles. The molecule has 0 amide bonds. The van der Waals surface area contributed by atoms with Crippen molar-refractivity contribution in [3.63, 3.8) is 0 Å². The van der Waals surface area contributed by atoms with Crippen molar-refractivity contribution in [3.05, 3.63) is 41.3 Å². The summed E-state index contributed by atoms with van der Waals surface area (Å²) in [5.41, 5.74) is 0.770. The van der Waals surface area contributed by atoms with Crippen LogP contribution in [0, 0.1) is 6.92 Å². The Hall–Kier alpha value is -1.89. The van der Waals surface area contributed by atoms with Crippen LogP contribution in [0.25, 0.3) is 5.82 Å². The molecule has 4 nitrogen and oxygen atoms in total. The van der Waals surface area contributed by atoms with Gasteiger partial charge in [0.15, 0.2) is 11.5 Å². The van der Waals surface area contributed by atoms with E-state index in [1.165, 1.54) is 6.20 Å². The molecule has 1 N–H and O–H groups in total. The van der Waals surface area contributed by atoms with E-state index in [0.29, 0.717) is 12.4 Å². The molecule has 0 unspecified atom stereocenters. The van der Waals surface area contributed by atoms with Gasteiger partial charge >= 0.3 is 6.18 Å². The maximum atomic E-state index is 12.5. The van der Waals surface area contributed by atoms with Gasteiger partial charge in [-0.05, 0) is 37.2 Å². The zero-order valence-electron chi connectivity index (χ0n) is 11.2. The lowest BCUT2D eigenvalue weighted by Gasteiger charge is -2.07. The molecule has 0 aliphatic heterocycles. The maximum absolute atomic E-state index is 12.5. The molecule has 0 fully saturated rings. The number of hydrogen-bond donors (Lipinski definition) is 1. The molecule has 2 aromatic rings. The van der Waals surface area contributed by atoms with E-state index in [2.05, 4.69) is 15.4 Å². The van der Waals surface area contributed by atoms with Gasteiger partial charge in [-0.15, -0.1) is 0 Å². The summed E-state index contributed by atoms with van der Waals surface area (Å²) in [6, 6.07) is 4.55. The first-order valence-electron chi connectivity index (χ1n) is 6.21. The largest absolute Gasteiger partial charge is 0.435 e. The number of halogens is 3. The van der Waals surface area contributed by atoms with Crippen molar-refractivity contribution in [1.82, 2.24) is 20.1 Å². The first kappa shape index (κ1) is 14.5. The highest BCUT2D eigenvalue weighted by Gasteiger charge is 2.33. The smallest absolute Gasteiger partial charge is 0.313 e. The number of rotatable bonds is 4. The van der Waals surface area contributed by atoms with Crippen molar-refractivity contribution in [2.75, 3.05) is 6.54 Å². The highest BCUT2D eigenvalue weighted by atomic mass is 19.4. The molecule has 0 spiro atoms. The molecular formula is C13H15F3N4. The van der Waals surface area contributed by atoms with E-state index in [0.717, 1.165) is 28.6 Å². The van der Waals surface area contributed by atoms with E-state index >= 15 is 0 Å². The highest BCUT2D eigenvalue weighted by molar-refractivity contribution is 5.30. The number of aryl methyl sites for hydroxylation is 1. The van der Waals surface area contributed by atoms with E-state index in [9.17, 15) is 13.2 Å². The summed E-state index contributed by atoms with van der Waals surface area (Å²) < 4.78 is 38.8. The molecule has 0 aliphatic carbocycles. The zero-order chi connectivity index (χ0) is 14.8. The van der Waals surface area contributed by atoms with Crippen LogP contribution in [0.3, 0.4) is 0 Å². The Morgan fingerprint density at radius 2 is 2.05 bits per heavy atom. The standard InChI is InChI=1S/C13H15F3N4/c1-3-17-8-10-6-9(2)18-12(7-10)20-5-4-11(19-20)13(14,15)16/h4-7,17H,3,8H2,1-2H3. The number of aromatic nitrogens is 3. The molecule has 0 saturated heterocycles. The van der Waals surface area contributed by atoms with Gasteiger partial charge in [0.1, 0.15) is 0 Å². The van der Waals surface area contributed by atoms with E-state index < -0.39 is 11.9 Å². The number of pyridine rings is 1. The molecule has 0 aliphatic rings. The SMILES string of the molecule is CCNCc1cc(C)nc(-n2ccc(C(F)(F)F)n2)c1. The number of hydrogen-bond acceptors (Lipinski definition) is 3. The van der Waals surface area contributed by atoms with Gasteiger partial charge in [0.2, 0.25) is 0 Å². The summed E-state index contributed by atoms with van der Waals surface area (Å²) in [5, 5.41) is 6.69. The minimum absolute atomic E-state index is 0.383. The molecule has 2 rings (SSSR count). The minimum atomic E-state index is -4.44. The number of nitrogens with zero attached hydrogens (tertiary/aromatic N) is 3. The van der Waals surface area contributed by atoms with Crippen LogP contribution in [0.2, 0.25) is 0 Å². The summed E-state index contributed by atoms with van der Waals surface area (Å²) in [5.74, 6) is 0.383. The number of alkyl halides is 3. The zero-order valence-corrected chi connectivity index (χ0v) is 11.2. The second kappa shape index (κ2) is 5.62. The summed E-state index contributed by atoms with van der Waals surface area (Å²) in [6.07, 6.45) is -3.18. The predicted molar refractivity (Wildman–Crippen MR) is 68.5 cm³/mol. The van der Waals surface area contributed by atoms with Crippen molar-refractivity contribution in [2.45, 2.75) is 26.6 Å². The lowest BCUT2D eigenvalue weighted by atomic mass is 10.2. The van der Waals surface area contributed by atoms with Crippen LogP contribution in [0.5, 0.6) is 0 Å². The minimum Gasteiger partial charge on any atom is -0.313 e. The first-order valence-corrected chi connectivity index (χ1v) is 6.21. The molecule has 7 heteroatoms. The van der Waals surface area contributed by atoms with E-state index in [4.69, 9.17) is 0 Å². The Kier molecular flexibility index (Phi) is 4.08. The van der Waals surface area contributed by atoms with Crippen LogP contribution in [0.1, 0.15) is 23.9 Å². The van der Waals surface area contributed by atoms with Crippen LogP contribution in [-0.4, -0.2) is 21.3 Å². The summed E-state index contributed by atoms with van der Waals surface area (Å²) in [4.78, 5) is 4.21. The number of nitrogens with one attached hydrogen (secondary N) is 1. The van der Waals surface area contributed by atoms with Crippen molar-refractivity contribution < 1.29 is 13.2 Å². The molecule has 2 heterocycles. The highest BCUT2D eigenvalue weighted by Crippen LogP contribution is 2.27. The van der Waals surface area contributed by atoms with Crippen molar-refractivity contribution >= 4 is 0 Å². The average molecular weight is 284 g/mol. The molecule has 0 atom stereocenters. The third-order valence-electron chi connectivity index (χ3n) is 2.69. The molecule has 0 radical (unpaired) electrons. The van der Waals surface area contributed by atoms with Crippen LogP contribution in [-0.2, 0) is 12.7 Å². The Labute approximate surface area is 114 Å². The van der Waals surface area contributed by atoms with E-state index in [1.807, 2.05) is 13.0 Å². The van der Waals surface area contributed by atoms with Gasteiger partial charge in [0, 0.05) is 18.4 Å². The summed E-state index contributed by atoms with van der Waals surface area (Å²) in [6.45, 7) is 5.24. The fourth-order valence-corrected chi connectivity index (χ4v) is 1.81. The molecule has 20 heavy (non-hydrogen) atoms. The van der Waals surface area contributed by atoms with Gasteiger partial charge in [-0.1, -0.05) is 6.92 Å². The average Bonchev–Trinajstić information content (AvgIpc) is 2.85. The molecule has 0 bridgehead atoms. The Morgan fingerprint density at radius 3 is 2.65 bits per heavy atom. The fourth-order valence-electron chi connectivity index (χ4n) is 1.81. The van der Waals surface area contributed by atoms with Crippen molar-refractivity contribution in [3.8, 4) is 5.82 Å². The van der Waals surface area contributed by atoms with Crippen molar-refractivity contribution in [2.24, 2.45) is 0 Å². The monoisotopic (exact) mass is 284 g/mol. The van der Waals surface area contributed by atoms with Crippen LogP contribution in [0.15, 0.2) is 24.4 Å². The lowest BCUT2D eigenvalue weighted by molar-refractivity contribution is -0.141. The van der Waals surface area contributed by atoms with E-state index in [1.54, 1.807) is 13.0 Å². The maximum Gasteiger partial charge on any atom is 0.435 e. The molecule has 108 valence electrons. The van der Waals surface area contributed by atoms with Gasteiger partial charge in [-0.25, -0.2) is 9.67 Å². The second-order valence-electron chi connectivity index (χ2n) is 4.40. The normalized spacial score (nSPS) is 11.8. The first-order chi connectivity index (χ1) is 9.40. The van der Waals surface area contributed by atoms with Gasteiger partial charge < -0.3 is 5.32 Å². The third-order valence-corrected chi connectivity index (χ3v) is 2.69. The summed E-state index contributed by atoms with van der Waals surface area (Å²) in [7, 11) is 0. The molecular weight excluding hydrogens is 269 g/mol. The third kappa shape index (κ3) is 3.36. The molecule has 0 saturated carbocycles. The lowest BCUT2D eigenvalue weighted by Crippen LogP contribution is -2.13. The topological polar surface area (TPSA) is 42.7 Å². The Morgan fingerprint density at radius 1 is 1.30 bits per heavy atom. The van der Waals surface area contributed by atoms with Gasteiger partial charge in [-0.2, -0.15) is 18.3 Å². The van der Waals surface area contributed by atoms with Gasteiger partial charge in [0.25, 0.3) is 0 Å². The van der Waals surface area contributed by atoms with Crippen LogP contribution in [0.4, 0.5) is 13.2 Å².